The van der Waals surface area contributed by atoms with Crippen LogP contribution in [-0.4, -0.2) is 12.6 Å². The molecule has 0 radical (unpaired) electrons. The minimum Gasteiger partial charge on any atom is -0.466 e. The lowest BCUT2D eigenvalue weighted by atomic mass is 10.1. The van der Waals surface area contributed by atoms with E-state index in [9.17, 15) is 4.79 Å². The number of allylic oxidation sites excluding steroid dienone is 6. The Labute approximate surface area is 85.0 Å². The van der Waals surface area contributed by atoms with Crippen molar-refractivity contribution in [2.45, 2.75) is 26.7 Å². The van der Waals surface area contributed by atoms with Gasteiger partial charge in [0.05, 0.1) is 6.61 Å². The van der Waals surface area contributed by atoms with Crippen LogP contribution in [0.2, 0.25) is 0 Å². The molecule has 1 aliphatic carbocycles. The zero-order valence-electron chi connectivity index (χ0n) is 8.75. The molecule has 0 spiro atoms. The Kier molecular flexibility index (Phi) is 4.17. The lowest BCUT2D eigenvalue weighted by Crippen LogP contribution is -2.03. The topological polar surface area (TPSA) is 26.3 Å². The number of esters is 1. The predicted molar refractivity (Wildman–Crippen MR) is 56.8 cm³/mol. The Bertz CT molecular complexity index is 281. The molecule has 0 saturated carbocycles. The fraction of sp³-hybridized carbons (Fsp3) is 0.417. The van der Waals surface area contributed by atoms with Gasteiger partial charge in [-0.3, -0.25) is 4.79 Å². The van der Waals surface area contributed by atoms with Crippen molar-refractivity contribution in [2.75, 3.05) is 6.61 Å². The first-order chi connectivity index (χ1) is 6.74. The predicted octanol–water partition coefficient (Wildman–Crippen LogP) is 2.77. The lowest BCUT2D eigenvalue weighted by molar-refractivity contribution is -0.143. The van der Waals surface area contributed by atoms with Crippen molar-refractivity contribution in [3.63, 3.8) is 0 Å². The maximum atomic E-state index is 11.1. The summed E-state index contributed by atoms with van der Waals surface area (Å²) in [5, 5.41) is 0. The molecule has 0 bridgehead atoms. The molecule has 0 saturated heterocycles. The molecule has 76 valence electrons. The third kappa shape index (κ3) is 3.21. The fourth-order valence-electron chi connectivity index (χ4n) is 1.33. The summed E-state index contributed by atoms with van der Waals surface area (Å²) in [6.07, 6.45) is 9.38. The van der Waals surface area contributed by atoms with Crippen molar-refractivity contribution in [3.8, 4) is 0 Å². The Hall–Kier alpha value is -1.31. The zero-order valence-corrected chi connectivity index (χ0v) is 8.75. The number of rotatable bonds is 4. The highest BCUT2D eigenvalue weighted by atomic mass is 16.5. The van der Waals surface area contributed by atoms with Gasteiger partial charge in [-0.25, -0.2) is 0 Å². The maximum absolute atomic E-state index is 11.1. The summed E-state index contributed by atoms with van der Waals surface area (Å²) < 4.78 is 4.86. The van der Waals surface area contributed by atoms with Gasteiger partial charge in [0, 0.05) is 6.42 Å². The summed E-state index contributed by atoms with van der Waals surface area (Å²) in [4.78, 5) is 11.1. The largest absolute Gasteiger partial charge is 0.466 e. The van der Waals surface area contributed by atoms with Crippen LogP contribution in [-0.2, 0) is 9.53 Å². The Morgan fingerprint density at radius 2 is 1.93 bits per heavy atom. The van der Waals surface area contributed by atoms with Gasteiger partial charge in [0.2, 0.25) is 0 Å². The molecule has 0 N–H and O–H groups in total. The molecular formula is C12H16O2. The van der Waals surface area contributed by atoms with E-state index in [2.05, 4.69) is 19.1 Å². The van der Waals surface area contributed by atoms with Gasteiger partial charge in [-0.2, -0.15) is 0 Å². The summed E-state index contributed by atoms with van der Waals surface area (Å²) >= 11 is 0. The zero-order chi connectivity index (χ0) is 10.4. The van der Waals surface area contributed by atoms with E-state index in [0.29, 0.717) is 13.0 Å². The van der Waals surface area contributed by atoms with Gasteiger partial charge < -0.3 is 4.74 Å². The monoisotopic (exact) mass is 192 g/mol. The number of carbonyl (C=O) groups is 1. The standard InChI is InChI=1S/C12H16O2/c1-3-14-12(13)9-8-10(2)11-6-4-5-7-11/h4-7H,3,8-9H2,1-2H3. The summed E-state index contributed by atoms with van der Waals surface area (Å²) in [6, 6.07) is 0. The summed E-state index contributed by atoms with van der Waals surface area (Å²) in [5.74, 6) is -0.113. The SMILES string of the molecule is CCOC(=O)CCC(C)=C1C=CC=C1. The first-order valence-electron chi connectivity index (χ1n) is 4.94. The number of hydrogen-bond acceptors (Lipinski definition) is 2. The fourth-order valence-corrected chi connectivity index (χ4v) is 1.33. The molecule has 0 aliphatic heterocycles. The van der Waals surface area contributed by atoms with E-state index in [0.717, 1.165) is 6.42 Å². The van der Waals surface area contributed by atoms with Gasteiger partial charge in [0.15, 0.2) is 0 Å². The number of hydrogen-bond donors (Lipinski definition) is 0. The average molecular weight is 192 g/mol. The maximum Gasteiger partial charge on any atom is 0.306 e. The van der Waals surface area contributed by atoms with Gasteiger partial charge >= 0.3 is 5.97 Å². The highest BCUT2D eigenvalue weighted by Gasteiger charge is 2.04. The van der Waals surface area contributed by atoms with Crippen LogP contribution < -0.4 is 0 Å². The van der Waals surface area contributed by atoms with Crippen molar-refractivity contribution >= 4 is 5.97 Å². The lowest BCUT2D eigenvalue weighted by Gasteiger charge is -2.03. The van der Waals surface area contributed by atoms with Crippen LogP contribution in [0.15, 0.2) is 35.5 Å². The minimum atomic E-state index is -0.113. The molecule has 1 aliphatic rings. The molecule has 0 heterocycles. The molecule has 0 aromatic carbocycles. The van der Waals surface area contributed by atoms with Crippen LogP contribution >= 0.6 is 0 Å². The first-order valence-corrected chi connectivity index (χ1v) is 4.94. The summed E-state index contributed by atoms with van der Waals surface area (Å²) in [6.45, 7) is 4.34. The Morgan fingerprint density at radius 1 is 1.29 bits per heavy atom. The molecule has 14 heavy (non-hydrogen) atoms. The van der Waals surface area contributed by atoms with Crippen molar-refractivity contribution in [1.29, 1.82) is 0 Å². The Balaban J connectivity index is 2.38. The molecule has 0 aromatic heterocycles. The summed E-state index contributed by atoms with van der Waals surface area (Å²) in [5.41, 5.74) is 2.46. The molecule has 1 rings (SSSR count). The highest BCUT2D eigenvalue weighted by Crippen LogP contribution is 2.17. The van der Waals surface area contributed by atoms with E-state index in [1.165, 1.54) is 11.1 Å². The van der Waals surface area contributed by atoms with Crippen LogP contribution in [0.4, 0.5) is 0 Å². The molecule has 0 atom stereocenters. The van der Waals surface area contributed by atoms with Crippen molar-refractivity contribution in [2.24, 2.45) is 0 Å². The Morgan fingerprint density at radius 3 is 2.50 bits per heavy atom. The van der Waals surface area contributed by atoms with E-state index in [1.807, 2.05) is 19.1 Å². The van der Waals surface area contributed by atoms with Gasteiger partial charge in [0.25, 0.3) is 0 Å². The van der Waals surface area contributed by atoms with E-state index in [4.69, 9.17) is 4.74 Å². The molecule has 0 amide bonds. The molecule has 0 aromatic rings. The second-order valence-electron chi connectivity index (χ2n) is 3.26. The van der Waals surface area contributed by atoms with Gasteiger partial charge in [-0.05, 0) is 25.8 Å². The molecule has 2 heteroatoms. The van der Waals surface area contributed by atoms with Crippen LogP contribution in [0.5, 0.6) is 0 Å². The molecule has 0 fully saturated rings. The van der Waals surface area contributed by atoms with E-state index in [-0.39, 0.29) is 5.97 Å². The second kappa shape index (κ2) is 5.43. The third-order valence-electron chi connectivity index (χ3n) is 2.16. The van der Waals surface area contributed by atoms with Crippen LogP contribution in [0.1, 0.15) is 26.7 Å². The van der Waals surface area contributed by atoms with Crippen molar-refractivity contribution < 1.29 is 9.53 Å². The number of ether oxygens (including phenoxy) is 1. The molecule has 2 nitrogen and oxygen atoms in total. The molecule has 0 unspecified atom stereocenters. The van der Waals surface area contributed by atoms with Crippen molar-refractivity contribution in [1.82, 2.24) is 0 Å². The summed E-state index contributed by atoms with van der Waals surface area (Å²) in [7, 11) is 0. The highest BCUT2D eigenvalue weighted by molar-refractivity contribution is 5.69. The normalized spacial score (nSPS) is 13.4. The van der Waals surface area contributed by atoms with Gasteiger partial charge in [-0.15, -0.1) is 0 Å². The smallest absolute Gasteiger partial charge is 0.306 e. The molecular weight excluding hydrogens is 176 g/mol. The van der Waals surface area contributed by atoms with E-state index >= 15 is 0 Å². The van der Waals surface area contributed by atoms with E-state index in [1.54, 1.807) is 0 Å². The average Bonchev–Trinajstić information content (AvgIpc) is 2.67. The second-order valence-corrected chi connectivity index (χ2v) is 3.26. The van der Waals surface area contributed by atoms with Crippen LogP contribution in [0.25, 0.3) is 0 Å². The van der Waals surface area contributed by atoms with E-state index < -0.39 is 0 Å². The third-order valence-corrected chi connectivity index (χ3v) is 2.16. The number of carbonyl (C=O) groups excluding carboxylic acids is 1. The van der Waals surface area contributed by atoms with Crippen LogP contribution in [0.3, 0.4) is 0 Å². The minimum absolute atomic E-state index is 0.113. The first kappa shape index (κ1) is 10.8. The van der Waals surface area contributed by atoms with Crippen LogP contribution in [0, 0.1) is 0 Å². The van der Waals surface area contributed by atoms with Gasteiger partial charge in [-0.1, -0.05) is 29.9 Å². The van der Waals surface area contributed by atoms with Gasteiger partial charge in [0.1, 0.15) is 0 Å². The quantitative estimate of drug-likeness (QED) is 0.640. The van der Waals surface area contributed by atoms with Crippen molar-refractivity contribution in [3.05, 3.63) is 35.5 Å².